The molecule has 432 valence electrons. The zero-order chi connectivity index (χ0) is 55.0. The van der Waals surface area contributed by atoms with Gasteiger partial charge in [0.15, 0.2) is 0 Å². The number of hydrogen-bond acceptors (Lipinski definition) is 7. The van der Waals surface area contributed by atoms with Crippen molar-refractivity contribution < 1.29 is 37.3 Å². The molecule has 3 atom stereocenters. The summed E-state index contributed by atoms with van der Waals surface area (Å²) in [6.07, 6.45) is 72.2. The van der Waals surface area contributed by atoms with Gasteiger partial charge >= 0.3 is 5.97 Å². The number of nitrogens with zero attached hydrogens (tertiary/aromatic N) is 1. The van der Waals surface area contributed by atoms with Gasteiger partial charge in [-0.25, -0.2) is 0 Å². The van der Waals surface area contributed by atoms with E-state index in [1.165, 1.54) is 89.9 Å². The number of nitrogens with one attached hydrogen (secondary N) is 1. The summed E-state index contributed by atoms with van der Waals surface area (Å²) in [7, 11) is 1.16. The number of unbranched alkanes of at least 4 members (excludes halogenated alkanes) is 24. The van der Waals surface area contributed by atoms with Crippen LogP contribution in [-0.4, -0.2) is 69.4 Å². The van der Waals surface area contributed by atoms with E-state index in [0.717, 1.165) is 122 Å². The highest BCUT2D eigenvalue weighted by molar-refractivity contribution is 7.45. The fourth-order valence-corrected chi connectivity index (χ4v) is 9.01. The summed E-state index contributed by atoms with van der Waals surface area (Å²) in [6, 6.07) is -0.906. The molecular formula is C65H115N2O7P. The first-order valence-corrected chi connectivity index (χ1v) is 32.0. The molecule has 0 radical (unpaired) electrons. The molecule has 9 nitrogen and oxygen atoms in total. The average molecular weight is 1070 g/mol. The molecule has 0 aliphatic carbocycles. The van der Waals surface area contributed by atoms with Crippen LogP contribution in [0.15, 0.2) is 97.2 Å². The van der Waals surface area contributed by atoms with Crippen LogP contribution < -0.4 is 10.2 Å². The quantitative estimate of drug-likeness (QED) is 0.0212. The summed E-state index contributed by atoms with van der Waals surface area (Å²) < 4.78 is 30.3. The van der Waals surface area contributed by atoms with Crippen LogP contribution in [0.25, 0.3) is 0 Å². The highest BCUT2D eigenvalue weighted by atomic mass is 31.2. The molecule has 0 aromatic rings. The van der Waals surface area contributed by atoms with E-state index in [9.17, 15) is 19.0 Å². The van der Waals surface area contributed by atoms with E-state index in [1.54, 1.807) is 0 Å². The van der Waals surface area contributed by atoms with Gasteiger partial charge < -0.3 is 28.5 Å². The number of carbonyl (C=O) groups is 2. The second-order valence-electron chi connectivity index (χ2n) is 21.5. The third-order valence-corrected chi connectivity index (χ3v) is 14.0. The first-order chi connectivity index (χ1) is 36.4. The van der Waals surface area contributed by atoms with Gasteiger partial charge in [-0.1, -0.05) is 227 Å². The smallest absolute Gasteiger partial charge is 0.306 e. The van der Waals surface area contributed by atoms with E-state index in [1.807, 2.05) is 33.3 Å². The van der Waals surface area contributed by atoms with E-state index in [2.05, 4.69) is 111 Å². The summed E-state index contributed by atoms with van der Waals surface area (Å²) in [4.78, 5) is 39.9. The highest BCUT2D eigenvalue weighted by Gasteiger charge is 2.27. The third kappa shape index (κ3) is 55.5. The van der Waals surface area contributed by atoms with Gasteiger partial charge in [0.25, 0.3) is 7.82 Å². The summed E-state index contributed by atoms with van der Waals surface area (Å²) in [5.74, 6) is -0.576. The van der Waals surface area contributed by atoms with Crippen molar-refractivity contribution in [3.8, 4) is 0 Å². The van der Waals surface area contributed by atoms with Gasteiger partial charge in [0.05, 0.1) is 33.8 Å². The van der Waals surface area contributed by atoms with Crippen LogP contribution in [0.4, 0.5) is 0 Å². The first-order valence-electron chi connectivity index (χ1n) is 30.5. The Bertz CT molecular complexity index is 1610. The van der Waals surface area contributed by atoms with E-state index in [-0.39, 0.29) is 24.9 Å². The zero-order valence-electron chi connectivity index (χ0n) is 49.2. The van der Waals surface area contributed by atoms with Crippen LogP contribution in [-0.2, 0) is 27.9 Å². The van der Waals surface area contributed by atoms with Gasteiger partial charge in [-0.05, 0) is 109 Å². The summed E-state index contributed by atoms with van der Waals surface area (Å²) in [5, 5.41) is 3.01. The van der Waals surface area contributed by atoms with E-state index in [4.69, 9.17) is 13.8 Å². The molecule has 0 bridgehead atoms. The Kier molecular flexibility index (Phi) is 52.1. The number of phosphoric acid groups is 1. The third-order valence-electron chi connectivity index (χ3n) is 13.0. The minimum atomic E-state index is -4.71. The van der Waals surface area contributed by atoms with Crippen molar-refractivity contribution in [2.24, 2.45) is 0 Å². The number of esters is 1. The number of amides is 1. The van der Waals surface area contributed by atoms with Crippen molar-refractivity contribution in [3.63, 3.8) is 0 Å². The van der Waals surface area contributed by atoms with Crippen LogP contribution in [0.1, 0.15) is 252 Å². The van der Waals surface area contributed by atoms with Crippen LogP contribution in [0.2, 0.25) is 0 Å². The van der Waals surface area contributed by atoms with Crippen molar-refractivity contribution in [2.75, 3.05) is 40.9 Å². The van der Waals surface area contributed by atoms with Crippen LogP contribution >= 0.6 is 7.82 Å². The summed E-state index contributed by atoms with van der Waals surface area (Å²) in [6.45, 7) is 6.67. The standard InChI is InChI=1S/C65H115N2O7P/c1-7-10-13-16-19-22-25-27-29-31-32-33-34-36-38-40-43-46-49-52-55-58-65(69)74-63(56-53-50-47-44-41-24-21-18-15-12-9-3)62(61-73-75(70,71)72-60-59-67(4,5)6)66-64(68)57-54-51-48-45-42-39-37-35-30-28-26-23-20-17-14-11-8-2/h10,13,19-20,22-23,27-30,32-33,36,38,53,56,62-63H,7-9,11-12,14-18,21,24-26,31,34-35,37,39-52,54-55,57-61H2,1-6H3,(H-,66,68,70,71)/b13-10-,22-19-,23-20-,29-27-,30-28-,33-32-,38-36-,56-53+. The van der Waals surface area contributed by atoms with Crippen molar-refractivity contribution in [3.05, 3.63) is 97.2 Å². The van der Waals surface area contributed by atoms with E-state index in [0.29, 0.717) is 23.9 Å². The zero-order valence-corrected chi connectivity index (χ0v) is 50.1. The second kappa shape index (κ2) is 54.3. The molecule has 1 amide bonds. The lowest BCUT2D eigenvalue weighted by Gasteiger charge is -2.30. The molecule has 0 aromatic heterocycles. The molecule has 75 heavy (non-hydrogen) atoms. The average Bonchev–Trinajstić information content (AvgIpc) is 3.37. The Labute approximate surface area is 462 Å². The van der Waals surface area contributed by atoms with Crippen molar-refractivity contribution in [1.29, 1.82) is 0 Å². The monoisotopic (exact) mass is 1070 g/mol. The SMILES string of the molecule is CC/C=C\C/C=C\C/C=C\C/C=C\C/C=C\CCCCCCCC(=O)OC(/C=C/CCCCCCCCCCC)C(COP(=O)([O-])OCC[N+](C)(C)C)NC(=O)CCCCCCCCC/C=C\C/C=C\CCCCC. The lowest BCUT2D eigenvalue weighted by molar-refractivity contribution is -0.870. The van der Waals surface area contributed by atoms with Gasteiger partial charge in [0.2, 0.25) is 5.91 Å². The number of ether oxygens (including phenoxy) is 1. The molecule has 0 saturated carbocycles. The van der Waals surface area contributed by atoms with Gasteiger partial charge in [-0.15, -0.1) is 0 Å². The molecule has 0 saturated heterocycles. The summed E-state index contributed by atoms with van der Waals surface area (Å²) in [5.41, 5.74) is 0. The molecule has 1 N–H and O–H groups in total. The van der Waals surface area contributed by atoms with E-state index < -0.39 is 26.6 Å². The Balaban J connectivity index is 5.29. The molecule has 0 aliphatic rings. The maximum atomic E-state index is 13.5. The molecule has 10 heteroatoms. The second-order valence-corrected chi connectivity index (χ2v) is 22.9. The lowest BCUT2D eigenvalue weighted by Crippen LogP contribution is -2.47. The molecule has 0 aliphatic heterocycles. The fourth-order valence-electron chi connectivity index (χ4n) is 8.28. The molecule has 0 heterocycles. The number of hydrogen-bond donors (Lipinski definition) is 1. The Morgan fingerprint density at radius 1 is 0.480 bits per heavy atom. The maximum Gasteiger partial charge on any atom is 0.306 e. The van der Waals surface area contributed by atoms with Gasteiger partial charge in [0.1, 0.15) is 19.3 Å². The Morgan fingerprint density at radius 2 is 0.853 bits per heavy atom. The molecule has 0 fully saturated rings. The van der Waals surface area contributed by atoms with Crippen LogP contribution in [0.3, 0.4) is 0 Å². The van der Waals surface area contributed by atoms with Crippen LogP contribution in [0.5, 0.6) is 0 Å². The molecule has 0 spiro atoms. The van der Waals surface area contributed by atoms with Crippen molar-refractivity contribution in [2.45, 2.75) is 264 Å². The molecular weight excluding hydrogens is 952 g/mol. The minimum absolute atomic E-state index is 0.0318. The molecule has 0 rings (SSSR count). The largest absolute Gasteiger partial charge is 0.756 e. The van der Waals surface area contributed by atoms with Gasteiger partial charge in [0, 0.05) is 12.8 Å². The van der Waals surface area contributed by atoms with Gasteiger partial charge in [-0.2, -0.15) is 0 Å². The highest BCUT2D eigenvalue weighted by Crippen LogP contribution is 2.38. The normalized spacial score (nSPS) is 14.4. The number of allylic oxidation sites excluding steroid dienone is 15. The maximum absolute atomic E-state index is 13.5. The van der Waals surface area contributed by atoms with Crippen molar-refractivity contribution >= 4 is 19.7 Å². The topological polar surface area (TPSA) is 114 Å². The predicted octanol–water partition coefficient (Wildman–Crippen LogP) is 18.1. The van der Waals surface area contributed by atoms with Crippen molar-refractivity contribution in [1.82, 2.24) is 5.32 Å². The number of carbonyl (C=O) groups excluding carboxylic acids is 2. The molecule has 3 unspecified atom stereocenters. The molecule has 0 aromatic carbocycles. The minimum Gasteiger partial charge on any atom is -0.756 e. The fraction of sp³-hybridized carbons (Fsp3) is 0.723. The predicted molar refractivity (Wildman–Crippen MR) is 321 cm³/mol. The Hall–Kier alpha value is -3.07. The number of rotatable bonds is 54. The number of phosphoric ester groups is 1. The van der Waals surface area contributed by atoms with Gasteiger partial charge in [-0.3, -0.25) is 14.2 Å². The summed E-state index contributed by atoms with van der Waals surface area (Å²) >= 11 is 0. The number of quaternary nitrogens is 1. The van der Waals surface area contributed by atoms with E-state index >= 15 is 0 Å². The number of likely N-dealkylation sites (N-methyl/N-ethyl adjacent to an activating group) is 1. The Morgan fingerprint density at radius 3 is 1.31 bits per heavy atom. The first kappa shape index (κ1) is 71.9. The van der Waals surface area contributed by atoms with Crippen LogP contribution in [0, 0.1) is 0 Å². The lowest BCUT2D eigenvalue weighted by atomic mass is 10.1.